The molecule has 2 aromatic heterocycles. The molecule has 1 unspecified atom stereocenters. The summed E-state index contributed by atoms with van der Waals surface area (Å²) in [6, 6.07) is 6.72. The van der Waals surface area contributed by atoms with E-state index in [1.807, 2.05) is 18.2 Å². The second kappa shape index (κ2) is 5.21. The molecule has 1 aliphatic rings. The van der Waals surface area contributed by atoms with Gasteiger partial charge in [-0.1, -0.05) is 13.0 Å². The summed E-state index contributed by atoms with van der Waals surface area (Å²) in [6.45, 7) is 3.91. The first-order valence-electron chi connectivity index (χ1n) is 7.27. The molecule has 0 amide bonds. The van der Waals surface area contributed by atoms with Gasteiger partial charge in [-0.3, -0.25) is 0 Å². The smallest absolute Gasteiger partial charge is 0.152 e. The minimum Gasteiger partial charge on any atom is -0.352 e. The van der Waals surface area contributed by atoms with Crippen molar-refractivity contribution in [2.24, 2.45) is 5.73 Å². The molecular weight excluding hydrogens is 236 g/mol. The van der Waals surface area contributed by atoms with E-state index in [2.05, 4.69) is 22.4 Å². The van der Waals surface area contributed by atoms with Crippen LogP contribution in [0.15, 0.2) is 24.4 Å². The fourth-order valence-electron chi connectivity index (χ4n) is 3.16. The van der Waals surface area contributed by atoms with Crippen molar-refractivity contribution in [2.75, 3.05) is 11.4 Å². The third-order valence-electron chi connectivity index (χ3n) is 4.17. The minimum absolute atomic E-state index is 0.535. The number of nitrogens with zero attached hydrogens (tertiary/aromatic N) is 3. The van der Waals surface area contributed by atoms with Crippen LogP contribution in [0.2, 0.25) is 0 Å². The number of imidazole rings is 1. The molecule has 0 aromatic carbocycles. The van der Waals surface area contributed by atoms with Crippen LogP contribution in [-0.2, 0) is 6.54 Å². The molecule has 0 saturated carbocycles. The summed E-state index contributed by atoms with van der Waals surface area (Å²) in [5.41, 5.74) is 8.10. The van der Waals surface area contributed by atoms with Gasteiger partial charge in [0, 0.05) is 25.3 Å². The molecule has 2 aromatic rings. The Kier molecular flexibility index (Phi) is 3.42. The van der Waals surface area contributed by atoms with Crippen molar-refractivity contribution in [1.82, 2.24) is 9.38 Å². The van der Waals surface area contributed by atoms with Crippen molar-refractivity contribution >= 4 is 11.5 Å². The van der Waals surface area contributed by atoms with Crippen LogP contribution in [0.25, 0.3) is 5.65 Å². The van der Waals surface area contributed by atoms with Crippen LogP contribution in [0.4, 0.5) is 5.82 Å². The molecular formula is C15H22N4. The fourth-order valence-corrected chi connectivity index (χ4v) is 3.16. The van der Waals surface area contributed by atoms with Crippen LogP contribution < -0.4 is 10.6 Å². The number of rotatable bonds is 3. The molecule has 3 rings (SSSR count). The number of anilines is 1. The van der Waals surface area contributed by atoms with E-state index in [0.717, 1.165) is 23.7 Å². The Morgan fingerprint density at radius 2 is 2.26 bits per heavy atom. The SMILES string of the molecule is CCC1CCCCN1c1nc2ccccn2c1CN. The van der Waals surface area contributed by atoms with Gasteiger partial charge in [0.2, 0.25) is 0 Å². The highest BCUT2D eigenvalue weighted by Crippen LogP contribution is 2.29. The van der Waals surface area contributed by atoms with Gasteiger partial charge in [-0.25, -0.2) is 4.98 Å². The average Bonchev–Trinajstić information content (AvgIpc) is 2.85. The minimum atomic E-state index is 0.535. The maximum absolute atomic E-state index is 5.97. The van der Waals surface area contributed by atoms with Gasteiger partial charge in [0.25, 0.3) is 0 Å². The predicted molar refractivity (Wildman–Crippen MR) is 78.4 cm³/mol. The van der Waals surface area contributed by atoms with Gasteiger partial charge in [0.15, 0.2) is 5.82 Å². The maximum Gasteiger partial charge on any atom is 0.152 e. The molecule has 3 heterocycles. The number of piperidine rings is 1. The van der Waals surface area contributed by atoms with E-state index in [9.17, 15) is 0 Å². The lowest BCUT2D eigenvalue weighted by Crippen LogP contribution is -2.40. The second-order valence-corrected chi connectivity index (χ2v) is 5.27. The van der Waals surface area contributed by atoms with Crippen molar-refractivity contribution in [3.63, 3.8) is 0 Å². The second-order valence-electron chi connectivity index (χ2n) is 5.27. The van der Waals surface area contributed by atoms with Gasteiger partial charge in [-0.15, -0.1) is 0 Å². The first-order valence-corrected chi connectivity index (χ1v) is 7.27. The number of fused-ring (bicyclic) bond motifs is 1. The highest BCUT2D eigenvalue weighted by molar-refractivity contribution is 5.56. The van der Waals surface area contributed by atoms with E-state index < -0.39 is 0 Å². The number of hydrogen-bond donors (Lipinski definition) is 1. The van der Waals surface area contributed by atoms with E-state index in [0.29, 0.717) is 12.6 Å². The van der Waals surface area contributed by atoms with E-state index in [4.69, 9.17) is 10.7 Å². The molecule has 2 N–H and O–H groups in total. The van der Waals surface area contributed by atoms with Gasteiger partial charge < -0.3 is 15.0 Å². The average molecular weight is 258 g/mol. The molecule has 0 radical (unpaired) electrons. The van der Waals surface area contributed by atoms with Gasteiger partial charge in [-0.2, -0.15) is 0 Å². The van der Waals surface area contributed by atoms with Gasteiger partial charge >= 0.3 is 0 Å². The molecule has 1 fully saturated rings. The summed E-state index contributed by atoms with van der Waals surface area (Å²) >= 11 is 0. The maximum atomic E-state index is 5.97. The monoisotopic (exact) mass is 258 g/mol. The normalized spacial score (nSPS) is 20.1. The highest BCUT2D eigenvalue weighted by atomic mass is 15.3. The third-order valence-corrected chi connectivity index (χ3v) is 4.17. The molecule has 1 atom stereocenters. The molecule has 4 nitrogen and oxygen atoms in total. The van der Waals surface area contributed by atoms with Crippen molar-refractivity contribution in [1.29, 1.82) is 0 Å². The van der Waals surface area contributed by atoms with E-state index in [-0.39, 0.29) is 0 Å². The summed E-state index contributed by atoms with van der Waals surface area (Å²) in [6.07, 6.45) is 7.10. The molecule has 4 heteroatoms. The van der Waals surface area contributed by atoms with Crippen molar-refractivity contribution in [3.05, 3.63) is 30.1 Å². The molecule has 1 saturated heterocycles. The Balaban J connectivity index is 2.07. The summed E-state index contributed by atoms with van der Waals surface area (Å²) < 4.78 is 2.12. The number of aromatic nitrogens is 2. The van der Waals surface area contributed by atoms with Crippen LogP contribution in [-0.4, -0.2) is 22.0 Å². The number of pyridine rings is 1. The first-order chi connectivity index (χ1) is 9.35. The standard InChI is InChI=1S/C15H22N4/c1-2-12-7-3-5-9-18(12)15-13(11-16)19-10-6-4-8-14(19)17-15/h4,6,8,10,12H,2-3,5,7,9,11,16H2,1H3. The van der Waals surface area contributed by atoms with Gasteiger partial charge in [-0.05, 0) is 37.8 Å². The summed E-state index contributed by atoms with van der Waals surface area (Å²) in [4.78, 5) is 7.29. The lowest BCUT2D eigenvalue weighted by molar-refractivity contribution is 0.446. The quantitative estimate of drug-likeness (QED) is 0.920. The van der Waals surface area contributed by atoms with E-state index >= 15 is 0 Å². The van der Waals surface area contributed by atoms with E-state index in [1.165, 1.54) is 25.7 Å². The lowest BCUT2D eigenvalue weighted by Gasteiger charge is -2.36. The topological polar surface area (TPSA) is 46.6 Å². The Hall–Kier alpha value is -1.55. The molecule has 1 aliphatic heterocycles. The molecule has 102 valence electrons. The molecule has 0 aliphatic carbocycles. The zero-order chi connectivity index (χ0) is 13.2. The highest BCUT2D eigenvalue weighted by Gasteiger charge is 2.25. The zero-order valence-electron chi connectivity index (χ0n) is 11.5. The number of hydrogen-bond acceptors (Lipinski definition) is 3. The number of nitrogens with two attached hydrogens (primary N) is 1. The Bertz CT molecular complexity index is 560. The largest absolute Gasteiger partial charge is 0.352 e. The van der Waals surface area contributed by atoms with Crippen LogP contribution in [0.1, 0.15) is 38.3 Å². The van der Waals surface area contributed by atoms with Crippen molar-refractivity contribution < 1.29 is 0 Å². The predicted octanol–water partition coefficient (Wildman–Crippen LogP) is 2.56. The van der Waals surface area contributed by atoms with Crippen molar-refractivity contribution in [2.45, 2.75) is 45.2 Å². The van der Waals surface area contributed by atoms with Crippen LogP contribution in [0.3, 0.4) is 0 Å². The van der Waals surface area contributed by atoms with Gasteiger partial charge in [0.05, 0.1) is 5.69 Å². The third kappa shape index (κ3) is 2.10. The first kappa shape index (κ1) is 12.5. The Morgan fingerprint density at radius 3 is 3.05 bits per heavy atom. The fraction of sp³-hybridized carbons (Fsp3) is 0.533. The summed E-state index contributed by atoms with van der Waals surface area (Å²) in [5, 5.41) is 0. The summed E-state index contributed by atoms with van der Waals surface area (Å²) in [7, 11) is 0. The van der Waals surface area contributed by atoms with Crippen LogP contribution in [0, 0.1) is 0 Å². The van der Waals surface area contributed by atoms with Crippen LogP contribution >= 0.6 is 0 Å². The zero-order valence-corrected chi connectivity index (χ0v) is 11.5. The van der Waals surface area contributed by atoms with E-state index in [1.54, 1.807) is 0 Å². The Morgan fingerprint density at radius 1 is 1.37 bits per heavy atom. The molecule has 0 bridgehead atoms. The molecule has 19 heavy (non-hydrogen) atoms. The van der Waals surface area contributed by atoms with Crippen LogP contribution in [0.5, 0.6) is 0 Å². The van der Waals surface area contributed by atoms with Crippen molar-refractivity contribution in [3.8, 4) is 0 Å². The Labute approximate surface area is 114 Å². The van der Waals surface area contributed by atoms with Gasteiger partial charge in [0.1, 0.15) is 5.65 Å². The molecule has 0 spiro atoms. The summed E-state index contributed by atoms with van der Waals surface area (Å²) in [5.74, 6) is 1.10. The lowest BCUT2D eigenvalue weighted by atomic mass is 10.00.